The third kappa shape index (κ3) is 2.03. The van der Waals surface area contributed by atoms with E-state index in [9.17, 15) is 20.4 Å². The van der Waals surface area contributed by atoms with E-state index in [2.05, 4.69) is 16.0 Å². The van der Waals surface area contributed by atoms with Crippen molar-refractivity contribution in [3.63, 3.8) is 0 Å². The molecule has 7 heteroatoms. The molecule has 0 unspecified atom stereocenters. The molecule has 1 aliphatic heterocycles. The van der Waals surface area contributed by atoms with E-state index >= 15 is 0 Å². The van der Waals surface area contributed by atoms with Crippen LogP contribution < -0.4 is 0 Å². The van der Waals surface area contributed by atoms with Gasteiger partial charge >= 0.3 is 82.0 Å². The zero-order valence-corrected chi connectivity index (χ0v) is 8.28. The first-order valence-electron chi connectivity index (χ1n) is 3.66. The van der Waals surface area contributed by atoms with Crippen LogP contribution in [0.5, 0.6) is 0 Å². The van der Waals surface area contributed by atoms with Crippen molar-refractivity contribution < 1.29 is 30.3 Å². The third-order valence-corrected chi connectivity index (χ3v) is 2.64. The Morgan fingerprint density at radius 2 is 1.77 bits per heavy atom. The molecule has 5 atom stereocenters. The zero-order valence-electron chi connectivity index (χ0n) is 6.57. The molecule has 0 bridgehead atoms. The van der Waals surface area contributed by atoms with Crippen LogP contribution in [0.15, 0.2) is 0 Å². The van der Waals surface area contributed by atoms with Crippen molar-refractivity contribution >= 4 is 16.0 Å². The quantitative estimate of drug-likeness (QED) is 0.309. The van der Waals surface area contributed by atoms with E-state index in [-0.39, 0.29) is 0 Å². The molecule has 13 heavy (non-hydrogen) atoms. The number of hydrogen-bond acceptors (Lipinski definition) is 6. The summed E-state index contributed by atoms with van der Waals surface area (Å²) in [5, 5.41) is 45.6. The van der Waals surface area contributed by atoms with Gasteiger partial charge in [0.15, 0.2) is 0 Å². The van der Waals surface area contributed by atoms with Gasteiger partial charge in [-0.1, -0.05) is 0 Å². The molecule has 0 aromatic carbocycles. The molecule has 0 spiro atoms. The van der Waals surface area contributed by atoms with Gasteiger partial charge in [0.1, 0.15) is 0 Å². The third-order valence-electron chi connectivity index (χ3n) is 1.93. The van der Waals surface area contributed by atoms with E-state index in [1.165, 1.54) is 0 Å². The van der Waals surface area contributed by atoms with Gasteiger partial charge in [-0.2, -0.15) is 0 Å². The van der Waals surface area contributed by atoms with E-state index in [1.807, 2.05) is 0 Å². The van der Waals surface area contributed by atoms with Gasteiger partial charge < -0.3 is 0 Å². The Hall–Kier alpha value is 0.279. The molecular formula is C6H11O6Se. The van der Waals surface area contributed by atoms with Crippen LogP contribution in [0.2, 0.25) is 0 Å². The molecule has 1 rings (SSSR count). The Bertz CT molecular complexity index is 184. The summed E-state index contributed by atoms with van der Waals surface area (Å²) in [6, 6.07) is 0. The maximum absolute atomic E-state index is 9.32. The molecule has 0 amide bonds. The Morgan fingerprint density at radius 3 is 2.23 bits per heavy atom. The predicted molar refractivity (Wildman–Crippen MR) is 40.7 cm³/mol. The average Bonchev–Trinajstić information content (AvgIpc) is 2.08. The molecule has 0 saturated carbocycles. The van der Waals surface area contributed by atoms with E-state index in [1.54, 1.807) is 0 Å². The molecule has 6 nitrogen and oxygen atoms in total. The maximum atomic E-state index is 9.32. The zero-order chi connectivity index (χ0) is 10.2. The monoisotopic (exact) mass is 259 g/mol. The molecule has 77 valence electrons. The van der Waals surface area contributed by atoms with Gasteiger partial charge in [0.25, 0.3) is 0 Å². The van der Waals surface area contributed by atoms with Crippen molar-refractivity contribution in [1.29, 1.82) is 0 Å². The molecule has 0 aromatic heterocycles. The summed E-state index contributed by atoms with van der Waals surface area (Å²) in [7, 11) is 0. The van der Waals surface area contributed by atoms with Crippen LogP contribution in [-0.4, -0.2) is 77.3 Å². The summed E-state index contributed by atoms with van der Waals surface area (Å²) in [5.41, 5.74) is 0. The Balaban J connectivity index is 2.79. The van der Waals surface area contributed by atoms with E-state index in [0.717, 1.165) is 0 Å². The molecule has 5 N–H and O–H groups in total. The van der Waals surface area contributed by atoms with Gasteiger partial charge in [0, 0.05) is 0 Å². The van der Waals surface area contributed by atoms with Crippen molar-refractivity contribution in [2.24, 2.45) is 0 Å². The summed E-state index contributed by atoms with van der Waals surface area (Å²) in [6.07, 6.45) is -5.75. The second-order valence-electron chi connectivity index (χ2n) is 2.90. The fourth-order valence-electron chi connectivity index (χ4n) is 1.12. The van der Waals surface area contributed by atoms with E-state index in [4.69, 9.17) is 9.84 Å². The van der Waals surface area contributed by atoms with Gasteiger partial charge in [-0.3, -0.25) is 0 Å². The van der Waals surface area contributed by atoms with Crippen molar-refractivity contribution in [2.75, 3.05) is 6.61 Å². The minimum atomic E-state index is -2.08. The standard InChI is InChI=1S/C6H11O6Se/c7-1-2-3(8)4(9)5(10)6(11,13)12-2/h2-5,7-11H,1H2/t2-,3+,4+,5-,6+/m1/s1. The predicted octanol–water partition coefficient (Wildman–Crippen LogP) is -3.73. The fourth-order valence-corrected chi connectivity index (χ4v) is 1.68. The summed E-state index contributed by atoms with van der Waals surface area (Å²) in [6.45, 7) is -0.561. The number of aliphatic hydroxyl groups excluding tert-OH is 4. The van der Waals surface area contributed by atoms with Crippen molar-refractivity contribution in [3.8, 4) is 0 Å². The van der Waals surface area contributed by atoms with Crippen LogP contribution in [0.1, 0.15) is 0 Å². The van der Waals surface area contributed by atoms with Crippen LogP contribution in [0.3, 0.4) is 0 Å². The minimum absolute atomic E-state index is 0.561. The summed E-state index contributed by atoms with van der Waals surface area (Å²) in [4.78, 5) is 0. The Kier molecular flexibility index (Phi) is 3.32. The number of hydrogen-bond donors (Lipinski definition) is 5. The van der Waals surface area contributed by atoms with Gasteiger partial charge in [0.2, 0.25) is 0 Å². The molecule has 1 aliphatic rings. The molecule has 1 heterocycles. The molecule has 1 saturated heterocycles. The average molecular weight is 258 g/mol. The first kappa shape index (κ1) is 11.4. The molecule has 1 fully saturated rings. The van der Waals surface area contributed by atoms with E-state index < -0.39 is 35.7 Å². The summed E-state index contributed by atoms with van der Waals surface area (Å²) < 4.78 is 2.63. The SMILES string of the molecule is OC[C@H]1O[C@](O)([Se])[C@H](O)[C@@H](O)[C@H]1O. The van der Waals surface area contributed by atoms with Crippen LogP contribution >= 0.6 is 0 Å². The number of aliphatic hydroxyl groups is 5. The van der Waals surface area contributed by atoms with Gasteiger partial charge in [-0.25, -0.2) is 0 Å². The van der Waals surface area contributed by atoms with Crippen LogP contribution in [0.4, 0.5) is 0 Å². The fraction of sp³-hybridized carbons (Fsp3) is 1.00. The number of ether oxygens (including phenoxy) is 1. The second-order valence-corrected chi connectivity index (χ2v) is 4.12. The van der Waals surface area contributed by atoms with Crippen molar-refractivity contribution in [3.05, 3.63) is 0 Å². The van der Waals surface area contributed by atoms with Gasteiger partial charge in [0.05, 0.1) is 0 Å². The normalized spacial score (nSPS) is 52.2. The van der Waals surface area contributed by atoms with Gasteiger partial charge in [-0.05, 0) is 0 Å². The van der Waals surface area contributed by atoms with Crippen LogP contribution in [0.25, 0.3) is 0 Å². The number of rotatable bonds is 1. The van der Waals surface area contributed by atoms with Crippen LogP contribution in [-0.2, 0) is 4.74 Å². The molecule has 0 aliphatic carbocycles. The molecule has 1 radical (unpaired) electrons. The second kappa shape index (κ2) is 3.80. The topological polar surface area (TPSA) is 110 Å². The van der Waals surface area contributed by atoms with Crippen LogP contribution in [0, 0.1) is 0 Å². The summed E-state index contributed by atoms with van der Waals surface area (Å²) >= 11 is 2.12. The Labute approximate surface area is 82.6 Å². The van der Waals surface area contributed by atoms with E-state index in [0.29, 0.717) is 0 Å². The first-order chi connectivity index (χ1) is 5.90. The molecular weight excluding hydrogens is 247 g/mol. The van der Waals surface area contributed by atoms with Crippen molar-refractivity contribution in [2.45, 2.75) is 29.1 Å². The van der Waals surface area contributed by atoms with Crippen molar-refractivity contribution in [1.82, 2.24) is 0 Å². The summed E-state index contributed by atoms with van der Waals surface area (Å²) in [5.74, 6) is 0. The van der Waals surface area contributed by atoms with Gasteiger partial charge in [-0.15, -0.1) is 0 Å². The Morgan fingerprint density at radius 1 is 1.23 bits per heavy atom. The first-order valence-corrected chi connectivity index (χ1v) is 4.51. The molecule has 0 aromatic rings.